The van der Waals surface area contributed by atoms with Crippen molar-refractivity contribution in [3.05, 3.63) is 65.0 Å². The number of hydrogen-bond acceptors (Lipinski definition) is 4. The molecule has 5 nitrogen and oxygen atoms in total. The highest BCUT2D eigenvalue weighted by Crippen LogP contribution is 2.46. The molecule has 27 heavy (non-hydrogen) atoms. The van der Waals surface area contributed by atoms with E-state index < -0.39 is 29.0 Å². The quantitative estimate of drug-likeness (QED) is 0.462. The summed E-state index contributed by atoms with van der Waals surface area (Å²) in [6, 6.07) is 8.45. The van der Waals surface area contributed by atoms with Gasteiger partial charge in [0.05, 0.1) is 22.4 Å². The summed E-state index contributed by atoms with van der Waals surface area (Å²) in [6.07, 6.45) is 1.89. The number of halogens is 1. The van der Waals surface area contributed by atoms with Gasteiger partial charge in [-0.05, 0) is 50.6 Å². The van der Waals surface area contributed by atoms with Crippen LogP contribution in [0.25, 0.3) is 5.57 Å². The summed E-state index contributed by atoms with van der Waals surface area (Å²) < 4.78 is 19.1. The number of Topliss-reactive ketones (excluding diaryl/α,β-unsaturated/α-hetero) is 1. The minimum atomic E-state index is -0.869. The van der Waals surface area contributed by atoms with Gasteiger partial charge in [0.1, 0.15) is 11.6 Å². The lowest BCUT2D eigenvalue weighted by atomic mass is 9.89. The number of benzene rings is 2. The van der Waals surface area contributed by atoms with E-state index in [-0.39, 0.29) is 16.9 Å². The predicted octanol–water partition coefficient (Wildman–Crippen LogP) is 3.77. The average molecular weight is 365 g/mol. The average Bonchev–Trinajstić information content (AvgIpc) is 2.85. The number of ether oxygens (including phenoxy) is 1. The van der Waals surface area contributed by atoms with Crippen LogP contribution in [0.4, 0.5) is 10.1 Å². The Bertz CT molecular complexity index is 1070. The molecule has 1 amide bonds. The molecule has 0 bridgehead atoms. The third-order valence-corrected chi connectivity index (χ3v) is 4.82. The molecule has 2 aromatic rings. The van der Waals surface area contributed by atoms with Crippen molar-refractivity contribution in [3.8, 4) is 5.75 Å². The number of nitrogens with zero attached hydrogens (tertiary/aromatic N) is 1. The number of allylic oxidation sites excluding steroid dienone is 1. The van der Waals surface area contributed by atoms with Gasteiger partial charge in [-0.15, -0.1) is 0 Å². The van der Waals surface area contributed by atoms with E-state index in [1.165, 1.54) is 29.2 Å². The summed E-state index contributed by atoms with van der Waals surface area (Å²) in [7, 11) is 0. The van der Waals surface area contributed by atoms with Crippen molar-refractivity contribution in [2.75, 3.05) is 4.90 Å². The van der Waals surface area contributed by atoms with Gasteiger partial charge in [-0.1, -0.05) is 18.2 Å². The number of esters is 1. The molecule has 0 saturated heterocycles. The molecule has 0 spiro atoms. The van der Waals surface area contributed by atoms with Crippen LogP contribution in [-0.4, -0.2) is 23.2 Å². The van der Waals surface area contributed by atoms with Gasteiger partial charge in [-0.2, -0.15) is 0 Å². The maximum atomic E-state index is 13.8. The molecule has 2 heterocycles. The second-order valence-corrected chi connectivity index (χ2v) is 7.19. The number of anilines is 1. The molecule has 0 atom stereocenters. The lowest BCUT2D eigenvalue weighted by Crippen LogP contribution is -2.47. The molecule has 2 aromatic carbocycles. The third-order valence-electron chi connectivity index (χ3n) is 4.82. The van der Waals surface area contributed by atoms with Crippen molar-refractivity contribution < 1.29 is 23.5 Å². The highest BCUT2D eigenvalue weighted by Gasteiger charge is 2.47. The molecular formula is C21H16FNO4. The Balaban J connectivity index is 1.81. The van der Waals surface area contributed by atoms with Gasteiger partial charge in [-0.25, -0.2) is 9.18 Å². The van der Waals surface area contributed by atoms with Gasteiger partial charge in [0.2, 0.25) is 0 Å². The zero-order valence-electron chi connectivity index (χ0n) is 15.0. The summed E-state index contributed by atoms with van der Waals surface area (Å²) in [6.45, 7) is 5.57. The highest BCUT2D eigenvalue weighted by atomic mass is 19.1. The van der Waals surface area contributed by atoms with Crippen LogP contribution in [-0.2, 0) is 4.79 Å². The minimum absolute atomic E-state index is 0.0902. The summed E-state index contributed by atoms with van der Waals surface area (Å²) in [5, 5.41) is 0. The normalized spacial score (nSPS) is 16.9. The van der Waals surface area contributed by atoms with E-state index in [0.29, 0.717) is 11.3 Å². The van der Waals surface area contributed by atoms with Crippen LogP contribution < -0.4 is 9.64 Å². The van der Waals surface area contributed by atoms with Crippen molar-refractivity contribution >= 4 is 28.9 Å². The van der Waals surface area contributed by atoms with E-state index in [2.05, 4.69) is 0 Å². The highest BCUT2D eigenvalue weighted by molar-refractivity contribution is 6.53. The first-order valence-electron chi connectivity index (χ1n) is 8.44. The van der Waals surface area contributed by atoms with Crippen molar-refractivity contribution in [1.82, 2.24) is 0 Å². The second kappa shape index (κ2) is 5.61. The number of amides is 1. The molecular weight excluding hydrogens is 349 g/mol. The third kappa shape index (κ3) is 2.48. The minimum Gasteiger partial charge on any atom is -0.423 e. The molecule has 2 aliphatic rings. The second-order valence-electron chi connectivity index (χ2n) is 7.19. The van der Waals surface area contributed by atoms with Crippen molar-refractivity contribution in [3.63, 3.8) is 0 Å². The van der Waals surface area contributed by atoms with Crippen LogP contribution in [0.2, 0.25) is 0 Å². The maximum Gasteiger partial charge on any atom is 0.346 e. The molecule has 0 saturated carbocycles. The van der Waals surface area contributed by atoms with Gasteiger partial charge in [0, 0.05) is 5.56 Å². The first kappa shape index (κ1) is 17.1. The Hall–Kier alpha value is -3.28. The van der Waals surface area contributed by atoms with E-state index >= 15 is 0 Å². The number of carbonyl (C=O) groups is 3. The van der Waals surface area contributed by atoms with Crippen LogP contribution >= 0.6 is 0 Å². The molecule has 0 unspecified atom stereocenters. The van der Waals surface area contributed by atoms with Crippen molar-refractivity contribution in [1.29, 1.82) is 0 Å². The van der Waals surface area contributed by atoms with Gasteiger partial charge < -0.3 is 4.74 Å². The molecule has 0 N–H and O–H groups in total. The fraction of sp³-hybridized carbons (Fsp3) is 0.190. The lowest BCUT2D eigenvalue weighted by Gasteiger charge is -2.38. The zero-order chi connectivity index (χ0) is 19.5. The van der Waals surface area contributed by atoms with Crippen molar-refractivity contribution in [2.24, 2.45) is 0 Å². The van der Waals surface area contributed by atoms with E-state index in [1.54, 1.807) is 6.07 Å². The van der Waals surface area contributed by atoms with Crippen LogP contribution in [0.15, 0.2) is 42.5 Å². The molecule has 2 aliphatic heterocycles. The zero-order valence-corrected chi connectivity index (χ0v) is 15.0. The Morgan fingerprint density at radius 2 is 1.78 bits per heavy atom. The Labute approximate surface area is 155 Å². The first-order valence-corrected chi connectivity index (χ1v) is 8.44. The van der Waals surface area contributed by atoms with E-state index in [0.717, 1.165) is 11.6 Å². The van der Waals surface area contributed by atoms with Crippen LogP contribution in [0.5, 0.6) is 5.75 Å². The Morgan fingerprint density at radius 3 is 2.48 bits per heavy atom. The topological polar surface area (TPSA) is 63.7 Å². The fourth-order valence-corrected chi connectivity index (χ4v) is 3.71. The molecule has 0 aliphatic carbocycles. The van der Waals surface area contributed by atoms with Gasteiger partial charge in [0.25, 0.3) is 11.7 Å². The lowest BCUT2D eigenvalue weighted by molar-refractivity contribution is -0.115. The number of rotatable bonds is 2. The maximum absolute atomic E-state index is 13.8. The summed E-state index contributed by atoms with van der Waals surface area (Å²) in [4.78, 5) is 38.8. The Morgan fingerprint density at radius 1 is 1.11 bits per heavy atom. The molecule has 136 valence electrons. The number of ketones is 1. The standard InChI is InChI=1S/C21H16FNO4/c1-11-10-21(2,3)23-17-14(11)8-12(9-15(17)18(24)19(23)25)27-20(26)13-6-4-5-7-16(13)22/h4-10H,1-3H3. The monoisotopic (exact) mass is 365 g/mol. The Kier molecular flexibility index (Phi) is 3.56. The molecule has 6 heteroatoms. The van der Waals surface area contributed by atoms with Gasteiger partial charge >= 0.3 is 5.97 Å². The molecule has 0 aromatic heterocycles. The van der Waals surface area contributed by atoms with Crippen LogP contribution in [0.3, 0.4) is 0 Å². The summed E-state index contributed by atoms with van der Waals surface area (Å²) in [5.41, 5.74) is 1.38. The van der Waals surface area contributed by atoms with Crippen LogP contribution in [0.1, 0.15) is 47.1 Å². The fourth-order valence-electron chi connectivity index (χ4n) is 3.71. The van der Waals surface area contributed by atoms with E-state index in [1.807, 2.05) is 26.8 Å². The summed E-state index contributed by atoms with van der Waals surface area (Å²) >= 11 is 0. The van der Waals surface area contributed by atoms with E-state index in [9.17, 15) is 18.8 Å². The molecule has 0 radical (unpaired) electrons. The number of carbonyl (C=O) groups excluding carboxylic acids is 3. The smallest absolute Gasteiger partial charge is 0.346 e. The van der Waals surface area contributed by atoms with Crippen LogP contribution in [0, 0.1) is 5.82 Å². The predicted molar refractivity (Wildman–Crippen MR) is 97.3 cm³/mol. The number of hydrogen-bond donors (Lipinski definition) is 0. The molecule has 0 fully saturated rings. The first-order chi connectivity index (χ1) is 12.7. The van der Waals surface area contributed by atoms with Gasteiger partial charge in [-0.3, -0.25) is 14.5 Å². The summed E-state index contributed by atoms with van der Waals surface area (Å²) in [5.74, 6) is -2.73. The largest absolute Gasteiger partial charge is 0.423 e. The molecule has 4 rings (SSSR count). The van der Waals surface area contributed by atoms with Crippen molar-refractivity contribution in [2.45, 2.75) is 26.3 Å². The van der Waals surface area contributed by atoms with E-state index in [4.69, 9.17) is 4.74 Å². The SMILES string of the molecule is CC1=CC(C)(C)N2C(=O)C(=O)c3cc(OC(=O)c4ccccc4F)cc1c32. The van der Waals surface area contributed by atoms with Gasteiger partial charge in [0.15, 0.2) is 0 Å².